The van der Waals surface area contributed by atoms with Gasteiger partial charge in [0.25, 0.3) is 5.91 Å². The Bertz CT molecular complexity index is 1360. The Morgan fingerprint density at radius 1 is 1.10 bits per heavy atom. The number of rotatable bonds is 7. The summed E-state index contributed by atoms with van der Waals surface area (Å²) in [6, 6.07) is 16.0. The molecule has 10 heteroatoms. The van der Waals surface area contributed by atoms with Crippen LogP contribution in [0.2, 0.25) is 0 Å². The predicted molar refractivity (Wildman–Crippen MR) is 142 cm³/mol. The molecule has 0 aliphatic carbocycles. The third-order valence-corrected chi connectivity index (χ3v) is 7.49. The van der Waals surface area contributed by atoms with Crippen molar-refractivity contribution in [3.8, 4) is 11.5 Å². The zero-order valence-corrected chi connectivity index (χ0v) is 21.8. The van der Waals surface area contributed by atoms with Crippen LogP contribution in [0.4, 0.5) is 14.5 Å². The number of carbonyl (C=O) groups excluding carboxylic acids is 2. The molecule has 206 valence electrons. The second-order valence-corrected chi connectivity index (χ2v) is 9.77. The molecule has 0 bridgehead atoms. The van der Waals surface area contributed by atoms with Gasteiger partial charge in [0.05, 0.1) is 31.5 Å². The van der Waals surface area contributed by atoms with Gasteiger partial charge in [0.2, 0.25) is 5.91 Å². The third kappa shape index (κ3) is 5.26. The normalized spacial score (nSPS) is 19.4. The maximum atomic E-state index is 14.5. The first-order valence-electron chi connectivity index (χ1n) is 12.9. The van der Waals surface area contributed by atoms with E-state index in [0.29, 0.717) is 48.4 Å². The highest BCUT2D eigenvalue weighted by Crippen LogP contribution is 2.42. The summed E-state index contributed by atoms with van der Waals surface area (Å²) in [5, 5.41) is 7.32. The van der Waals surface area contributed by atoms with E-state index in [9.17, 15) is 18.4 Å². The van der Waals surface area contributed by atoms with E-state index in [1.54, 1.807) is 50.4 Å². The van der Waals surface area contributed by atoms with Crippen molar-refractivity contribution in [2.45, 2.75) is 50.6 Å². The Balaban J connectivity index is 1.64. The van der Waals surface area contributed by atoms with Crippen molar-refractivity contribution >= 4 is 28.3 Å². The number of anilines is 1. The summed E-state index contributed by atoms with van der Waals surface area (Å²) in [5.41, 5.74) is -0.152. The first-order chi connectivity index (χ1) is 18.8. The average molecular weight is 540 g/mol. The van der Waals surface area contributed by atoms with Gasteiger partial charge in [-0.3, -0.25) is 9.59 Å². The van der Waals surface area contributed by atoms with E-state index >= 15 is 0 Å². The van der Waals surface area contributed by atoms with Crippen LogP contribution >= 0.6 is 0 Å². The SMILES string of the molecule is CN[C@H](C)C(=O)N[C@@H]1C(=O)N(Cc2c(OC(F)F)ccc3ccccc23)c2ccccc2OC12CCOCC2. The largest absolute Gasteiger partial charge is 0.482 e. The lowest BCUT2D eigenvalue weighted by molar-refractivity contribution is -0.138. The number of likely N-dealkylation sites (N-methyl/N-ethyl adjacent to an activating group) is 1. The highest BCUT2D eigenvalue weighted by molar-refractivity contribution is 6.03. The molecule has 0 saturated carbocycles. The molecule has 2 amide bonds. The summed E-state index contributed by atoms with van der Waals surface area (Å²) in [6.07, 6.45) is 0.765. The second kappa shape index (κ2) is 11.2. The van der Waals surface area contributed by atoms with E-state index < -0.39 is 30.2 Å². The van der Waals surface area contributed by atoms with E-state index in [1.807, 2.05) is 18.2 Å². The number of nitrogens with zero attached hydrogens (tertiary/aromatic N) is 1. The van der Waals surface area contributed by atoms with Crippen molar-refractivity contribution in [3.05, 3.63) is 66.2 Å². The van der Waals surface area contributed by atoms with Gasteiger partial charge in [-0.25, -0.2) is 0 Å². The fraction of sp³-hybridized carbons (Fsp3) is 0.379. The lowest BCUT2D eigenvalue weighted by atomic mass is 9.84. The minimum absolute atomic E-state index is 0.0238. The summed E-state index contributed by atoms with van der Waals surface area (Å²) >= 11 is 0. The number of alkyl halides is 2. The lowest BCUT2D eigenvalue weighted by Crippen LogP contribution is -2.65. The van der Waals surface area contributed by atoms with Gasteiger partial charge in [-0.05, 0) is 42.9 Å². The molecule has 2 aliphatic rings. The zero-order valence-electron chi connectivity index (χ0n) is 21.8. The van der Waals surface area contributed by atoms with Gasteiger partial charge in [-0.15, -0.1) is 0 Å². The van der Waals surface area contributed by atoms with Gasteiger partial charge in [-0.2, -0.15) is 8.78 Å². The quantitative estimate of drug-likeness (QED) is 0.472. The van der Waals surface area contributed by atoms with E-state index in [4.69, 9.17) is 14.2 Å². The molecule has 8 nitrogen and oxygen atoms in total. The first-order valence-corrected chi connectivity index (χ1v) is 12.9. The van der Waals surface area contributed by atoms with Crippen molar-refractivity contribution in [1.82, 2.24) is 10.6 Å². The molecule has 0 aromatic heterocycles. The maximum absolute atomic E-state index is 14.5. The zero-order chi connectivity index (χ0) is 27.6. The summed E-state index contributed by atoms with van der Waals surface area (Å²) in [5.74, 6) is -0.329. The number of benzene rings is 3. The topological polar surface area (TPSA) is 89.1 Å². The van der Waals surface area contributed by atoms with E-state index in [1.165, 1.54) is 11.0 Å². The number of ether oxygens (including phenoxy) is 3. The van der Waals surface area contributed by atoms with Crippen LogP contribution in [-0.4, -0.2) is 56.4 Å². The monoisotopic (exact) mass is 539 g/mol. The molecule has 2 atom stereocenters. The van der Waals surface area contributed by atoms with Crippen molar-refractivity contribution in [3.63, 3.8) is 0 Å². The number of hydrogen-bond acceptors (Lipinski definition) is 6. The van der Waals surface area contributed by atoms with Crippen molar-refractivity contribution in [2.75, 3.05) is 25.2 Å². The number of nitrogens with one attached hydrogen (secondary N) is 2. The average Bonchev–Trinajstić information content (AvgIpc) is 3.03. The molecule has 0 unspecified atom stereocenters. The summed E-state index contributed by atoms with van der Waals surface area (Å²) in [6.45, 7) is -0.702. The smallest absolute Gasteiger partial charge is 0.387 e. The van der Waals surface area contributed by atoms with Gasteiger partial charge in [0.1, 0.15) is 23.1 Å². The van der Waals surface area contributed by atoms with Crippen LogP contribution in [0.15, 0.2) is 60.7 Å². The molecular formula is C29H31F2N3O5. The third-order valence-electron chi connectivity index (χ3n) is 7.49. The van der Waals surface area contributed by atoms with E-state index in [0.717, 1.165) is 5.39 Å². The maximum Gasteiger partial charge on any atom is 0.387 e. The van der Waals surface area contributed by atoms with Gasteiger partial charge >= 0.3 is 6.61 Å². The number of carbonyl (C=O) groups is 2. The number of para-hydroxylation sites is 2. The highest BCUT2D eigenvalue weighted by atomic mass is 19.3. The summed E-state index contributed by atoms with van der Waals surface area (Å²) in [4.78, 5) is 29.1. The van der Waals surface area contributed by atoms with E-state index in [-0.39, 0.29) is 18.2 Å². The number of fused-ring (bicyclic) bond motifs is 2. The molecule has 3 aromatic rings. The Kier molecular flexibility index (Phi) is 7.67. The summed E-state index contributed by atoms with van der Waals surface area (Å²) < 4.78 is 43.9. The molecule has 2 heterocycles. The van der Waals surface area contributed by atoms with E-state index in [2.05, 4.69) is 10.6 Å². The molecule has 2 N–H and O–H groups in total. The molecule has 1 fully saturated rings. The second-order valence-electron chi connectivity index (χ2n) is 9.77. The predicted octanol–water partition coefficient (Wildman–Crippen LogP) is 4.01. The molecule has 5 rings (SSSR count). The fourth-order valence-electron chi connectivity index (χ4n) is 5.25. The van der Waals surface area contributed by atoms with Crippen molar-refractivity contribution in [1.29, 1.82) is 0 Å². The van der Waals surface area contributed by atoms with Crippen LogP contribution in [0, 0.1) is 0 Å². The Labute approximate surface area is 225 Å². The molecular weight excluding hydrogens is 508 g/mol. The molecule has 1 saturated heterocycles. The van der Waals surface area contributed by atoms with Gasteiger partial charge in [-0.1, -0.05) is 42.5 Å². The van der Waals surface area contributed by atoms with Crippen LogP contribution in [-0.2, 0) is 20.9 Å². The molecule has 1 spiro atoms. The van der Waals surface area contributed by atoms with Crippen LogP contribution in [0.3, 0.4) is 0 Å². The highest BCUT2D eigenvalue weighted by Gasteiger charge is 2.51. The van der Waals surface area contributed by atoms with Gasteiger partial charge in [0.15, 0.2) is 0 Å². The Morgan fingerprint density at radius 2 is 1.82 bits per heavy atom. The van der Waals surface area contributed by atoms with Crippen LogP contribution in [0.5, 0.6) is 11.5 Å². The molecule has 2 aliphatic heterocycles. The fourth-order valence-corrected chi connectivity index (χ4v) is 5.25. The molecule has 3 aromatic carbocycles. The van der Waals surface area contributed by atoms with Crippen molar-refractivity contribution < 1.29 is 32.6 Å². The molecule has 39 heavy (non-hydrogen) atoms. The minimum Gasteiger partial charge on any atom is -0.482 e. The van der Waals surface area contributed by atoms with Gasteiger partial charge in [0, 0.05) is 18.4 Å². The standard InChI is InChI=1S/C29H31F2N3O5/c1-18(32-2)26(35)33-25-27(36)34(22-9-5-6-10-24(22)39-29(25)13-15-37-16-14-29)17-21-20-8-4-3-7-19(20)11-12-23(21)38-28(30)31/h3-12,18,25,28,32H,13-17H2,1-2H3,(H,33,35)/t18-,25-/m1/s1. The lowest BCUT2D eigenvalue weighted by Gasteiger charge is -2.41. The van der Waals surface area contributed by atoms with Gasteiger partial charge < -0.3 is 29.7 Å². The minimum atomic E-state index is -3.04. The molecule has 0 radical (unpaired) electrons. The van der Waals surface area contributed by atoms with Crippen LogP contribution in [0.25, 0.3) is 10.8 Å². The Morgan fingerprint density at radius 3 is 2.56 bits per heavy atom. The number of amides is 2. The van der Waals surface area contributed by atoms with Crippen molar-refractivity contribution in [2.24, 2.45) is 0 Å². The summed E-state index contributed by atoms with van der Waals surface area (Å²) in [7, 11) is 1.66. The Hall–Kier alpha value is -3.76. The first kappa shape index (κ1) is 26.8. The van der Waals surface area contributed by atoms with Crippen LogP contribution < -0.4 is 25.0 Å². The number of hydrogen-bond donors (Lipinski definition) is 2. The number of halogens is 2. The van der Waals surface area contributed by atoms with Crippen LogP contribution in [0.1, 0.15) is 25.3 Å².